The van der Waals surface area contributed by atoms with E-state index in [1.807, 2.05) is 6.07 Å². The van der Waals surface area contributed by atoms with Crippen LogP contribution in [0.1, 0.15) is 12.6 Å². The highest BCUT2D eigenvalue weighted by atomic mass is 79.9. The van der Waals surface area contributed by atoms with Gasteiger partial charge in [0, 0.05) is 18.2 Å². The van der Waals surface area contributed by atoms with Crippen LogP contribution in [-0.4, -0.2) is 21.0 Å². The van der Waals surface area contributed by atoms with Crippen molar-refractivity contribution in [2.75, 3.05) is 6.61 Å². The first-order chi connectivity index (χ1) is 11.5. The molecule has 2 rings (SSSR count). The highest BCUT2D eigenvalue weighted by Gasteiger charge is 2.20. The summed E-state index contributed by atoms with van der Waals surface area (Å²) in [6.07, 6.45) is 4.78. The third kappa shape index (κ3) is 6.43. The molecule has 0 saturated carbocycles. The maximum atomic E-state index is 12.5. The first-order valence-corrected chi connectivity index (χ1v) is 9.26. The highest BCUT2D eigenvalue weighted by Crippen LogP contribution is 2.14. The Morgan fingerprint density at radius 3 is 2.48 bits per heavy atom. The van der Waals surface area contributed by atoms with Crippen molar-refractivity contribution in [1.29, 1.82) is 0 Å². The van der Waals surface area contributed by atoms with Gasteiger partial charge in [-0.25, -0.2) is 13.2 Å². The summed E-state index contributed by atoms with van der Waals surface area (Å²) < 4.78 is 31.6. The van der Waals surface area contributed by atoms with E-state index in [1.165, 1.54) is 6.08 Å². The van der Waals surface area contributed by atoms with E-state index in [9.17, 15) is 13.2 Å². The van der Waals surface area contributed by atoms with Crippen LogP contribution in [0.25, 0.3) is 0 Å². The van der Waals surface area contributed by atoms with Crippen LogP contribution in [0.2, 0.25) is 0 Å². The van der Waals surface area contributed by atoms with E-state index in [1.54, 1.807) is 66.2 Å². The van der Waals surface area contributed by atoms with Gasteiger partial charge in [0.15, 0.2) is 28.3 Å². The van der Waals surface area contributed by atoms with Gasteiger partial charge >= 0.3 is 5.97 Å². The monoisotopic (exact) mass is 425 g/mol. The summed E-state index contributed by atoms with van der Waals surface area (Å²) in [5.41, 5.74) is 0.648. The number of hydrogen-bond acceptors (Lipinski definition) is 4. The van der Waals surface area contributed by atoms with Crippen molar-refractivity contribution in [3.8, 4) is 0 Å². The molecule has 0 aliphatic rings. The number of allylic oxidation sites excluding steroid dienone is 1. The molecular weight excluding hydrogens is 406 g/mol. The number of pyridine rings is 1. The van der Waals surface area contributed by atoms with Crippen LogP contribution in [0.3, 0.4) is 0 Å². The number of rotatable bonds is 7. The number of aromatic nitrogens is 1. The van der Waals surface area contributed by atoms with Gasteiger partial charge in [0.2, 0.25) is 0 Å². The molecule has 0 unspecified atom stereocenters. The van der Waals surface area contributed by atoms with Gasteiger partial charge in [0.1, 0.15) is 5.75 Å². The van der Waals surface area contributed by atoms with Crippen LogP contribution in [-0.2, 0) is 31.7 Å². The first-order valence-electron chi connectivity index (χ1n) is 7.61. The molecule has 7 heteroatoms. The molecule has 1 aromatic heterocycles. The molecule has 0 spiro atoms. The van der Waals surface area contributed by atoms with Crippen LogP contribution in [0.5, 0.6) is 0 Å². The minimum Gasteiger partial charge on any atom is -1.00 e. The minimum atomic E-state index is -3.42. The molecule has 0 N–H and O–H groups in total. The largest absolute Gasteiger partial charge is 1.00 e. The molecule has 1 heterocycles. The lowest BCUT2D eigenvalue weighted by Crippen LogP contribution is -3.00. The number of esters is 1. The molecule has 2 aromatic rings. The Morgan fingerprint density at radius 2 is 1.80 bits per heavy atom. The minimum absolute atomic E-state index is 0. The van der Waals surface area contributed by atoms with Crippen molar-refractivity contribution in [1.82, 2.24) is 0 Å². The van der Waals surface area contributed by atoms with Crippen LogP contribution >= 0.6 is 0 Å². The molecule has 134 valence electrons. The smallest absolute Gasteiger partial charge is 0.330 e. The lowest BCUT2D eigenvalue weighted by Gasteiger charge is -2.04. The first kappa shape index (κ1) is 21.1. The number of ether oxygens (including phenoxy) is 1. The fourth-order valence-corrected chi connectivity index (χ4v) is 3.57. The molecule has 0 atom stereocenters. The number of halogens is 1. The Bertz CT molecular complexity index is 820. The lowest BCUT2D eigenvalue weighted by molar-refractivity contribution is -0.693. The van der Waals surface area contributed by atoms with Gasteiger partial charge in [0.25, 0.3) is 0 Å². The molecule has 0 radical (unpaired) electrons. The predicted molar refractivity (Wildman–Crippen MR) is 89.7 cm³/mol. The molecule has 0 fully saturated rings. The molecule has 0 bridgehead atoms. The van der Waals surface area contributed by atoms with Gasteiger partial charge < -0.3 is 21.7 Å². The SMILES string of the molecule is CCOC(=O)/C=C/C[n+]1ccccc1CS(=O)(=O)c1ccccc1.[Br-]. The average molecular weight is 426 g/mol. The summed E-state index contributed by atoms with van der Waals surface area (Å²) in [5.74, 6) is -0.516. The normalized spacial score (nSPS) is 11.1. The Kier molecular flexibility index (Phi) is 8.51. The van der Waals surface area contributed by atoms with Crippen molar-refractivity contribution >= 4 is 15.8 Å². The Balaban J connectivity index is 0.00000312. The number of benzene rings is 1. The van der Waals surface area contributed by atoms with E-state index in [2.05, 4.69) is 0 Å². The molecule has 25 heavy (non-hydrogen) atoms. The number of sulfone groups is 1. The molecule has 0 amide bonds. The van der Waals surface area contributed by atoms with Gasteiger partial charge in [-0.3, -0.25) is 0 Å². The average Bonchev–Trinajstić information content (AvgIpc) is 2.57. The van der Waals surface area contributed by atoms with Crippen molar-refractivity contribution in [2.24, 2.45) is 0 Å². The molecule has 5 nitrogen and oxygen atoms in total. The van der Waals surface area contributed by atoms with Gasteiger partial charge in [-0.2, -0.15) is 4.57 Å². The zero-order chi connectivity index (χ0) is 17.4. The van der Waals surface area contributed by atoms with Crippen molar-refractivity contribution in [3.63, 3.8) is 0 Å². The van der Waals surface area contributed by atoms with E-state index in [0.717, 1.165) is 0 Å². The second-order valence-electron chi connectivity index (χ2n) is 5.07. The fourth-order valence-electron chi connectivity index (χ4n) is 2.18. The molecular formula is C18H20BrNO4S. The van der Waals surface area contributed by atoms with E-state index in [4.69, 9.17) is 4.74 Å². The molecule has 0 aliphatic carbocycles. The van der Waals surface area contributed by atoms with Crippen molar-refractivity contribution in [3.05, 3.63) is 72.6 Å². The highest BCUT2D eigenvalue weighted by molar-refractivity contribution is 7.90. The molecule has 0 saturated heterocycles. The van der Waals surface area contributed by atoms with Crippen LogP contribution in [0.4, 0.5) is 0 Å². The van der Waals surface area contributed by atoms with Crippen molar-refractivity contribution in [2.45, 2.75) is 24.1 Å². The maximum Gasteiger partial charge on any atom is 0.330 e. The third-order valence-electron chi connectivity index (χ3n) is 3.32. The zero-order valence-corrected chi connectivity index (χ0v) is 16.2. The zero-order valence-electron chi connectivity index (χ0n) is 13.8. The van der Waals surface area contributed by atoms with Crippen molar-refractivity contribution < 1.29 is 39.5 Å². The Hall–Kier alpha value is -1.99. The maximum absolute atomic E-state index is 12.5. The molecule has 1 aromatic carbocycles. The predicted octanol–water partition coefficient (Wildman–Crippen LogP) is -0.929. The van der Waals surface area contributed by atoms with E-state index in [0.29, 0.717) is 23.7 Å². The summed E-state index contributed by atoms with van der Waals surface area (Å²) in [7, 11) is -3.42. The number of carbonyl (C=O) groups is 1. The second kappa shape index (κ2) is 10.1. The quantitative estimate of drug-likeness (QED) is 0.326. The Morgan fingerprint density at radius 1 is 1.12 bits per heavy atom. The second-order valence-corrected chi connectivity index (χ2v) is 7.06. The summed E-state index contributed by atoms with van der Waals surface area (Å²) in [4.78, 5) is 11.6. The van der Waals surface area contributed by atoms with Crippen LogP contribution in [0, 0.1) is 0 Å². The van der Waals surface area contributed by atoms with E-state index >= 15 is 0 Å². The van der Waals surface area contributed by atoms with Crippen LogP contribution < -0.4 is 21.5 Å². The summed E-state index contributed by atoms with van der Waals surface area (Å²) in [6.45, 7) is 2.45. The summed E-state index contributed by atoms with van der Waals surface area (Å²) in [5, 5.41) is 0. The van der Waals surface area contributed by atoms with Gasteiger partial charge in [0.05, 0.1) is 11.5 Å². The van der Waals surface area contributed by atoms with E-state index < -0.39 is 15.8 Å². The van der Waals surface area contributed by atoms with Gasteiger partial charge in [-0.1, -0.05) is 24.3 Å². The van der Waals surface area contributed by atoms with Gasteiger partial charge in [-0.15, -0.1) is 0 Å². The number of nitrogens with zero attached hydrogens (tertiary/aromatic N) is 1. The number of carbonyl (C=O) groups excluding carboxylic acids is 1. The third-order valence-corrected chi connectivity index (χ3v) is 4.98. The fraction of sp³-hybridized carbons (Fsp3) is 0.222. The molecule has 0 aliphatic heterocycles. The summed E-state index contributed by atoms with van der Waals surface area (Å²) in [6, 6.07) is 13.7. The Labute approximate surface area is 158 Å². The topological polar surface area (TPSA) is 64.3 Å². The van der Waals surface area contributed by atoms with Crippen LogP contribution in [0.15, 0.2) is 71.8 Å². The number of hydrogen-bond donors (Lipinski definition) is 0. The van der Waals surface area contributed by atoms with Gasteiger partial charge in [-0.05, 0) is 25.1 Å². The van der Waals surface area contributed by atoms with E-state index in [-0.39, 0.29) is 22.7 Å². The summed E-state index contributed by atoms with van der Waals surface area (Å²) >= 11 is 0. The lowest BCUT2D eigenvalue weighted by atomic mass is 10.3. The standard InChI is InChI=1S/C18H20NO4S.BrH/c1-2-23-18(20)12-8-14-19-13-7-6-9-16(19)15-24(21,22)17-10-4-3-5-11-17;/h3-13H,2,14-15H2,1H3;1H/q+1;/p-1/b12-8+;.